The third-order valence-electron chi connectivity index (χ3n) is 2.64. The van der Waals surface area contributed by atoms with E-state index in [0.717, 1.165) is 17.2 Å². The minimum absolute atomic E-state index is 0.0825. The van der Waals surface area contributed by atoms with Crippen LogP contribution in [0.2, 0.25) is 10.0 Å². The first-order chi connectivity index (χ1) is 9.83. The lowest BCUT2D eigenvalue weighted by Crippen LogP contribution is -2.35. The predicted molar refractivity (Wildman–Crippen MR) is 89.5 cm³/mol. The molecular weight excluding hydrogens is 327 g/mol. The normalized spacial score (nSPS) is 11.7. The summed E-state index contributed by atoms with van der Waals surface area (Å²) in [5, 5.41) is 7.56. The van der Waals surface area contributed by atoms with Crippen LogP contribution in [0.4, 0.5) is 0 Å². The molecule has 3 nitrogen and oxygen atoms in total. The van der Waals surface area contributed by atoms with Crippen LogP contribution in [0.3, 0.4) is 0 Å². The van der Waals surface area contributed by atoms with Gasteiger partial charge in [0.1, 0.15) is 17.4 Å². The highest BCUT2D eigenvalue weighted by molar-refractivity contribution is 7.09. The van der Waals surface area contributed by atoms with Gasteiger partial charge in [-0.1, -0.05) is 23.2 Å². The maximum atomic E-state index is 6.06. The molecule has 0 radical (unpaired) electrons. The van der Waals surface area contributed by atoms with Crippen LogP contribution in [0.25, 0.3) is 0 Å². The molecule has 0 spiro atoms. The fraction of sp³-hybridized carbons (Fsp3) is 0.400. The first-order valence-corrected chi connectivity index (χ1v) is 8.23. The molecule has 2 aromatic rings. The van der Waals surface area contributed by atoms with Gasteiger partial charge in [0.15, 0.2) is 0 Å². The lowest BCUT2D eigenvalue weighted by molar-refractivity contribution is 0.302. The molecule has 1 aromatic heterocycles. The number of benzene rings is 1. The van der Waals surface area contributed by atoms with Gasteiger partial charge in [0.25, 0.3) is 0 Å². The molecule has 114 valence electrons. The quantitative estimate of drug-likeness (QED) is 0.835. The smallest absolute Gasteiger partial charge is 0.138 e. The standard InChI is InChI=1S/C15H18Cl2N2OS/c1-15(2,3)18-7-14-19-11(9-21-14)8-20-13-5-4-10(16)6-12(13)17/h4-6,9,18H,7-8H2,1-3H3. The van der Waals surface area contributed by atoms with Crippen molar-refractivity contribution < 1.29 is 4.74 Å². The van der Waals surface area contributed by atoms with Gasteiger partial charge in [-0.15, -0.1) is 11.3 Å². The fourth-order valence-electron chi connectivity index (χ4n) is 1.58. The van der Waals surface area contributed by atoms with Gasteiger partial charge in [0, 0.05) is 22.5 Å². The Kier molecular flexibility index (Phi) is 5.49. The van der Waals surface area contributed by atoms with Gasteiger partial charge in [-0.2, -0.15) is 0 Å². The highest BCUT2D eigenvalue weighted by Gasteiger charge is 2.11. The molecule has 0 saturated carbocycles. The zero-order valence-corrected chi connectivity index (χ0v) is 14.6. The van der Waals surface area contributed by atoms with Crippen molar-refractivity contribution in [2.24, 2.45) is 0 Å². The maximum Gasteiger partial charge on any atom is 0.138 e. The van der Waals surface area contributed by atoms with E-state index in [-0.39, 0.29) is 5.54 Å². The molecule has 1 heterocycles. The van der Waals surface area contributed by atoms with E-state index < -0.39 is 0 Å². The number of hydrogen-bond donors (Lipinski definition) is 1. The Morgan fingerprint density at radius 3 is 2.71 bits per heavy atom. The lowest BCUT2D eigenvalue weighted by Gasteiger charge is -2.19. The van der Waals surface area contributed by atoms with E-state index in [1.54, 1.807) is 29.5 Å². The van der Waals surface area contributed by atoms with Crippen LogP contribution in [-0.2, 0) is 13.2 Å². The molecule has 1 N–H and O–H groups in total. The number of nitrogens with one attached hydrogen (secondary N) is 1. The first-order valence-electron chi connectivity index (χ1n) is 6.60. The maximum absolute atomic E-state index is 6.06. The summed E-state index contributed by atoms with van der Waals surface area (Å²) in [6, 6.07) is 5.18. The molecule has 0 aliphatic carbocycles. The Balaban J connectivity index is 1.90. The molecular formula is C15H18Cl2N2OS. The van der Waals surface area contributed by atoms with Crippen LogP contribution in [0.5, 0.6) is 5.75 Å². The van der Waals surface area contributed by atoms with E-state index in [1.165, 1.54) is 0 Å². The van der Waals surface area contributed by atoms with Crippen LogP contribution in [-0.4, -0.2) is 10.5 Å². The van der Waals surface area contributed by atoms with Crippen molar-refractivity contribution in [3.05, 3.63) is 44.3 Å². The van der Waals surface area contributed by atoms with Crippen LogP contribution in [0, 0.1) is 0 Å². The second-order valence-corrected chi connectivity index (χ2v) is 7.49. The highest BCUT2D eigenvalue weighted by Crippen LogP contribution is 2.28. The van der Waals surface area contributed by atoms with Crippen LogP contribution < -0.4 is 10.1 Å². The molecule has 0 fully saturated rings. The third-order valence-corrected chi connectivity index (χ3v) is 4.07. The summed E-state index contributed by atoms with van der Waals surface area (Å²) in [6.07, 6.45) is 0. The summed E-state index contributed by atoms with van der Waals surface area (Å²) in [5.41, 5.74) is 0.982. The largest absolute Gasteiger partial charge is 0.486 e. The van der Waals surface area contributed by atoms with E-state index in [4.69, 9.17) is 27.9 Å². The van der Waals surface area contributed by atoms with E-state index >= 15 is 0 Å². The second kappa shape index (κ2) is 6.97. The molecule has 0 amide bonds. The zero-order chi connectivity index (χ0) is 15.5. The average molecular weight is 345 g/mol. The van der Waals surface area contributed by atoms with E-state index in [2.05, 4.69) is 31.1 Å². The summed E-state index contributed by atoms with van der Waals surface area (Å²) >= 11 is 13.5. The number of hydrogen-bond acceptors (Lipinski definition) is 4. The number of ether oxygens (including phenoxy) is 1. The van der Waals surface area contributed by atoms with Gasteiger partial charge in [0.2, 0.25) is 0 Å². The summed E-state index contributed by atoms with van der Waals surface area (Å²) < 4.78 is 5.67. The SMILES string of the molecule is CC(C)(C)NCc1nc(COc2ccc(Cl)cc2Cl)cs1. The lowest BCUT2D eigenvalue weighted by atomic mass is 10.1. The summed E-state index contributed by atoms with van der Waals surface area (Å²) in [6.45, 7) is 7.55. The Labute approximate surface area is 139 Å². The van der Waals surface area contributed by atoms with Gasteiger partial charge in [-0.3, -0.25) is 0 Å². The molecule has 0 atom stereocenters. The van der Waals surface area contributed by atoms with E-state index in [1.807, 2.05) is 5.38 Å². The molecule has 0 saturated heterocycles. The minimum atomic E-state index is 0.0825. The van der Waals surface area contributed by atoms with Gasteiger partial charge < -0.3 is 10.1 Å². The molecule has 0 bridgehead atoms. The molecule has 21 heavy (non-hydrogen) atoms. The van der Waals surface area contributed by atoms with Crippen molar-refractivity contribution in [3.63, 3.8) is 0 Å². The van der Waals surface area contributed by atoms with Crippen molar-refractivity contribution >= 4 is 34.5 Å². The van der Waals surface area contributed by atoms with Gasteiger partial charge >= 0.3 is 0 Å². The number of halogens is 2. The Hall–Kier alpha value is -0.810. The number of nitrogens with zero attached hydrogens (tertiary/aromatic N) is 1. The first kappa shape index (κ1) is 16.6. The van der Waals surface area contributed by atoms with Crippen LogP contribution >= 0.6 is 34.5 Å². The van der Waals surface area contributed by atoms with Crippen molar-refractivity contribution in [1.29, 1.82) is 0 Å². The highest BCUT2D eigenvalue weighted by atomic mass is 35.5. The molecule has 0 aliphatic heterocycles. The van der Waals surface area contributed by atoms with Gasteiger partial charge in [-0.25, -0.2) is 4.98 Å². The van der Waals surface area contributed by atoms with Crippen molar-refractivity contribution in [2.45, 2.75) is 39.5 Å². The van der Waals surface area contributed by atoms with Gasteiger partial charge in [-0.05, 0) is 39.0 Å². The Bertz CT molecular complexity index is 608. The molecule has 1 aromatic carbocycles. The monoisotopic (exact) mass is 344 g/mol. The minimum Gasteiger partial charge on any atom is -0.486 e. The zero-order valence-electron chi connectivity index (χ0n) is 12.2. The second-order valence-electron chi connectivity index (χ2n) is 5.70. The van der Waals surface area contributed by atoms with Crippen LogP contribution in [0.1, 0.15) is 31.5 Å². The van der Waals surface area contributed by atoms with Crippen molar-refractivity contribution in [3.8, 4) is 5.75 Å². The number of aromatic nitrogens is 1. The molecule has 0 aliphatic rings. The summed E-state index contributed by atoms with van der Waals surface area (Å²) in [7, 11) is 0. The predicted octanol–water partition coefficient (Wildman–Crippen LogP) is 4.92. The number of rotatable bonds is 5. The summed E-state index contributed by atoms with van der Waals surface area (Å²) in [5.74, 6) is 0.614. The van der Waals surface area contributed by atoms with E-state index in [9.17, 15) is 0 Å². The third kappa shape index (κ3) is 5.47. The van der Waals surface area contributed by atoms with Crippen molar-refractivity contribution in [1.82, 2.24) is 10.3 Å². The number of thiazole rings is 1. The molecule has 0 unspecified atom stereocenters. The average Bonchev–Trinajstić information content (AvgIpc) is 2.82. The fourth-order valence-corrected chi connectivity index (χ4v) is 2.76. The molecule has 2 rings (SSSR count). The topological polar surface area (TPSA) is 34.2 Å². The van der Waals surface area contributed by atoms with Crippen molar-refractivity contribution in [2.75, 3.05) is 0 Å². The Morgan fingerprint density at radius 2 is 2.05 bits per heavy atom. The van der Waals surface area contributed by atoms with E-state index in [0.29, 0.717) is 22.4 Å². The van der Waals surface area contributed by atoms with Gasteiger partial charge in [0.05, 0.1) is 10.7 Å². The van der Waals surface area contributed by atoms with Crippen LogP contribution in [0.15, 0.2) is 23.6 Å². The summed E-state index contributed by atoms with van der Waals surface area (Å²) in [4.78, 5) is 4.54. The molecule has 6 heteroatoms. The Morgan fingerprint density at radius 1 is 1.29 bits per heavy atom.